The van der Waals surface area contributed by atoms with Crippen LogP contribution < -0.4 is 0 Å². The first-order chi connectivity index (χ1) is 8.61. The standard InChI is InChI=1S/C12H9BrClNO2S/c1-2-17-12(16)10-6-18-11(15-10)8-4-3-7(14)5-9(8)13/h3-6H,2H2,1H3. The van der Waals surface area contributed by atoms with Gasteiger partial charge in [0, 0.05) is 20.4 Å². The number of halogens is 2. The Bertz CT molecular complexity index is 585. The Balaban J connectivity index is 2.32. The molecule has 6 heteroatoms. The van der Waals surface area contributed by atoms with Crippen LogP contribution >= 0.6 is 38.9 Å². The first-order valence-corrected chi connectivity index (χ1v) is 7.25. The molecule has 3 nitrogen and oxygen atoms in total. The number of carbonyl (C=O) groups excluding carboxylic acids is 1. The van der Waals surface area contributed by atoms with E-state index in [0.29, 0.717) is 17.3 Å². The van der Waals surface area contributed by atoms with E-state index in [4.69, 9.17) is 16.3 Å². The van der Waals surface area contributed by atoms with Crippen LogP contribution in [-0.2, 0) is 4.74 Å². The Kier molecular flexibility index (Phi) is 4.37. The predicted octanol–water partition coefficient (Wildman–Crippen LogP) is 4.40. The van der Waals surface area contributed by atoms with Crippen molar-refractivity contribution in [3.8, 4) is 10.6 Å². The lowest BCUT2D eigenvalue weighted by Gasteiger charge is -2.00. The molecule has 0 aliphatic carbocycles. The zero-order chi connectivity index (χ0) is 13.1. The minimum Gasteiger partial charge on any atom is -0.461 e. The van der Waals surface area contributed by atoms with Crippen molar-refractivity contribution in [3.05, 3.63) is 38.8 Å². The van der Waals surface area contributed by atoms with E-state index < -0.39 is 5.97 Å². The third kappa shape index (κ3) is 2.91. The molecular weight excluding hydrogens is 338 g/mol. The molecule has 0 bridgehead atoms. The first kappa shape index (κ1) is 13.5. The normalized spacial score (nSPS) is 10.4. The molecule has 18 heavy (non-hydrogen) atoms. The number of carbonyl (C=O) groups is 1. The lowest BCUT2D eigenvalue weighted by molar-refractivity contribution is 0.0520. The van der Waals surface area contributed by atoms with Gasteiger partial charge in [0.15, 0.2) is 5.69 Å². The molecule has 0 unspecified atom stereocenters. The van der Waals surface area contributed by atoms with Crippen LogP contribution in [0.1, 0.15) is 17.4 Å². The topological polar surface area (TPSA) is 39.2 Å². The lowest BCUT2D eigenvalue weighted by Crippen LogP contribution is -2.04. The van der Waals surface area contributed by atoms with E-state index in [1.165, 1.54) is 11.3 Å². The summed E-state index contributed by atoms with van der Waals surface area (Å²) in [5.41, 5.74) is 1.23. The number of hydrogen-bond donors (Lipinski definition) is 0. The maximum absolute atomic E-state index is 11.5. The highest BCUT2D eigenvalue weighted by Gasteiger charge is 2.14. The van der Waals surface area contributed by atoms with Gasteiger partial charge in [-0.2, -0.15) is 0 Å². The number of thiazole rings is 1. The van der Waals surface area contributed by atoms with Crippen molar-refractivity contribution in [2.75, 3.05) is 6.61 Å². The number of ether oxygens (including phenoxy) is 1. The van der Waals surface area contributed by atoms with Crippen molar-refractivity contribution in [1.82, 2.24) is 4.98 Å². The van der Waals surface area contributed by atoms with Crippen LogP contribution in [0.2, 0.25) is 5.02 Å². The summed E-state index contributed by atoms with van der Waals surface area (Å²) in [5, 5.41) is 3.09. The number of nitrogens with zero attached hydrogens (tertiary/aromatic N) is 1. The second kappa shape index (κ2) is 5.82. The largest absolute Gasteiger partial charge is 0.461 e. The third-order valence-corrected chi connectivity index (χ3v) is 3.92. The van der Waals surface area contributed by atoms with E-state index in [9.17, 15) is 4.79 Å². The smallest absolute Gasteiger partial charge is 0.357 e. The molecule has 0 aliphatic rings. The fourth-order valence-electron chi connectivity index (χ4n) is 1.36. The molecule has 94 valence electrons. The van der Waals surface area contributed by atoms with Crippen molar-refractivity contribution in [3.63, 3.8) is 0 Å². The molecule has 0 amide bonds. The van der Waals surface area contributed by atoms with Gasteiger partial charge >= 0.3 is 5.97 Å². The van der Waals surface area contributed by atoms with E-state index in [-0.39, 0.29) is 0 Å². The van der Waals surface area contributed by atoms with Crippen molar-refractivity contribution in [2.24, 2.45) is 0 Å². The molecule has 1 aromatic carbocycles. The van der Waals surface area contributed by atoms with Crippen LogP contribution in [0.15, 0.2) is 28.1 Å². The monoisotopic (exact) mass is 345 g/mol. The van der Waals surface area contributed by atoms with Crippen molar-refractivity contribution < 1.29 is 9.53 Å². The molecule has 0 fully saturated rings. The van der Waals surface area contributed by atoms with Crippen LogP contribution in [0.5, 0.6) is 0 Å². The third-order valence-electron chi connectivity index (χ3n) is 2.15. The second-order valence-corrected chi connectivity index (χ2v) is 5.53. The number of rotatable bonds is 3. The molecule has 0 atom stereocenters. The lowest BCUT2D eigenvalue weighted by atomic mass is 10.2. The molecule has 1 heterocycles. The minimum absolute atomic E-state index is 0.332. The SMILES string of the molecule is CCOC(=O)c1csc(-c2ccc(Cl)cc2Br)n1. The highest BCUT2D eigenvalue weighted by molar-refractivity contribution is 9.10. The molecular formula is C12H9BrClNO2S. The second-order valence-electron chi connectivity index (χ2n) is 3.38. The molecule has 2 rings (SSSR count). The fraction of sp³-hybridized carbons (Fsp3) is 0.167. The number of hydrogen-bond acceptors (Lipinski definition) is 4. The average Bonchev–Trinajstić information content (AvgIpc) is 2.78. The molecule has 0 saturated carbocycles. The summed E-state index contributed by atoms with van der Waals surface area (Å²) < 4.78 is 5.75. The van der Waals surface area contributed by atoms with E-state index in [1.54, 1.807) is 24.4 Å². The molecule has 1 aromatic heterocycles. The predicted molar refractivity (Wildman–Crippen MR) is 76.2 cm³/mol. The Hall–Kier alpha value is -0.910. The zero-order valence-corrected chi connectivity index (χ0v) is 12.6. The first-order valence-electron chi connectivity index (χ1n) is 5.20. The molecule has 0 aliphatic heterocycles. The summed E-state index contributed by atoms with van der Waals surface area (Å²) in [4.78, 5) is 15.8. The molecule has 0 spiro atoms. The number of benzene rings is 1. The van der Waals surface area contributed by atoms with E-state index in [1.807, 2.05) is 6.07 Å². The summed E-state index contributed by atoms with van der Waals surface area (Å²) >= 11 is 10.7. The van der Waals surface area contributed by atoms with E-state index >= 15 is 0 Å². The highest BCUT2D eigenvalue weighted by Crippen LogP contribution is 2.32. The van der Waals surface area contributed by atoms with Crippen molar-refractivity contribution >= 4 is 44.8 Å². The van der Waals surface area contributed by atoms with Gasteiger partial charge in [-0.3, -0.25) is 0 Å². The van der Waals surface area contributed by atoms with Gasteiger partial charge in [-0.25, -0.2) is 9.78 Å². The summed E-state index contributed by atoms with van der Waals surface area (Å²) in [6.07, 6.45) is 0. The molecule has 0 saturated heterocycles. The fourth-order valence-corrected chi connectivity index (χ4v) is 3.19. The van der Waals surface area contributed by atoms with Gasteiger partial charge < -0.3 is 4.74 Å². The Labute approximate surface area is 122 Å². The Morgan fingerprint density at radius 2 is 2.33 bits per heavy atom. The summed E-state index contributed by atoms with van der Waals surface area (Å²) in [6, 6.07) is 5.44. The van der Waals surface area contributed by atoms with Gasteiger partial charge in [0.05, 0.1) is 6.61 Å². The minimum atomic E-state index is -0.398. The van der Waals surface area contributed by atoms with Gasteiger partial charge in [-0.15, -0.1) is 11.3 Å². The van der Waals surface area contributed by atoms with Crippen molar-refractivity contribution in [2.45, 2.75) is 6.92 Å². The number of aromatic nitrogens is 1. The van der Waals surface area contributed by atoms with Crippen LogP contribution in [0.3, 0.4) is 0 Å². The maximum atomic E-state index is 11.5. The van der Waals surface area contributed by atoms with Crippen LogP contribution in [-0.4, -0.2) is 17.6 Å². The molecule has 2 aromatic rings. The summed E-state index contributed by atoms with van der Waals surface area (Å²) in [6.45, 7) is 2.11. The molecule has 0 N–H and O–H groups in total. The molecule has 0 radical (unpaired) electrons. The van der Waals surface area contributed by atoms with Gasteiger partial charge in [-0.1, -0.05) is 27.5 Å². The van der Waals surface area contributed by atoms with Gasteiger partial charge in [0.2, 0.25) is 0 Å². The summed E-state index contributed by atoms with van der Waals surface area (Å²) in [7, 11) is 0. The maximum Gasteiger partial charge on any atom is 0.357 e. The highest BCUT2D eigenvalue weighted by atomic mass is 79.9. The zero-order valence-electron chi connectivity index (χ0n) is 9.44. The Morgan fingerprint density at radius 1 is 1.56 bits per heavy atom. The van der Waals surface area contributed by atoms with Gasteiger partial charge in [-0.05, 0) is 25.1 Å². The van der Waals surface area contributed by atoms with E-state index in [2.05, 4.69) is 20.9 Å². The quantitative estimate of drug-likeness (QED) is 0.773. The summed E-state index contributed by atoms with van der Waals surface area (Å²) in [5.74, 6) is -0.398. The average molecular weight is 347 g/mol. The number of esters is 1. The van der Waals surface area contributed by atoms with Gasteiger partial charge in [0.1, 0.15) is 5.01 Å². The van der Waals surface area contributed by atoms with Crippen LogP contribution in [0, 0.1) is 0 Å². The van der Waals surface area contributed by atoms with Gasteiger partial charge in [0.25, 0.3) is 0 Å². The Morgan fingerprint density at radius 3 is 3.00 bits per heavy atom. The van der Waals surface area contributed by atoms with Crippen LogP contribution in [0.25, 0.3) is 10.6 Å². The van der Waals surface area contributed by atoms with Crippen molar-refractivity contribution in [1.29, 1.82) is 0 Å². The van der Waals surface area contributed by atoms with Crippen LogP contribution in [0.4, 0.5) is 0 Å². The van der Waals surface area contributed by atoms with E-state index in [0.717, 1.165) is 15.0 Å².